The van der Waals surface area contributed by atoms with Crippen LogP contribution in [0.1, 0.15) is 19.0 Å². The van der Waals surface area contributed by atoms with Crippen LogP contribution in [-0.2, 0) is 6.42 Å². The minimum absolute atomic E-state index is 0.702. The number of pyridine rings is 1. The highest BCUT2D eigenvalue weighted by molar-refractivity contribution is 7.80. The van der Waals surface area contributed by atoms with Crippen LogP contribution in [0.15, 0.2) is 36.5 Å². The minimum Gasteiger partial charge on any atom is -0.376 e. The normalized spacial score (nSPS) is 9.67. The van der Waals surface area contributed by atoms with E-state index in [2.05, 4.69) is 23.8 Å². The molecule has 0 bridgehead atoms. The lowest BCUT2D eigenvalue weighted by Crippen LogP contribution is -2.25. The van der Waals surface area contributed by atoms with E-state index >= 15 is 0 Å². The van der Waals surface area contributed by atoms with E-state index in [-0.39, 0.29) is 0 Å². The summed E-state index contributed by atoms with van der Waals surface area (Å²) in [7, 11) is 0. The topological polar surface area (TPSA) is 24.9 Å². The molecule has 80 valence electrons. The highest BCUT2D eigenvalue weighted by Crippen LogP contribution is 1.97. The lowest BCUT2D eigenvalue weighted by atomic mass is 10.2. The fraction of sp³-hybridized carbons (Fsp3) is 0.333. The highest BCUT2D eigenvalue weighted by atomic mass is 32.1. The monoisotopic (exact) mass is 220 g/mol. The predicted octanol–water partition coefficient (Wildman–Crippen LogP) is 2.51. The standard InChI is InChI=1S/C12H16N2S/c1-3-10(2)9-14-12(15)8-11-6-4-5-7-13-11/h4-7H,2-3,8-9H2,1H3,(H,14,15). The van der Waals surface area contributed by atoms with Gasteiger partial charge in [0.15, 0.2) is 0 Å². The Balaban J connectivity index is 2.34. The lowest BCUT2D eigenvalue weighted by Gasteiger charge is -2.08. The van der Waals surface area contributed by atoms with Crippen molar-refractivity contribution in [1.82, 2.24) is 10.3 Å². The second kappa shape index (κ2) is 6.30. The Morgan fingerprint density at radius 3 is 2.93 bits per heavy atom. The molecule has 1 aromatic rings. The molecule has 0 fully saturated rings. The highest BCUT2D eigenvalue weighted by Gasteiger charge is 1.99. The maximum atomic E-state index is 5.21. The molecule has 0 aromatic carbocycles. The second-order valence-corrected chi connectivity index (χ2v) is 3.87. The van der Waals surface area contributed by atoms with Gasteiger partial charge in [-0.15, -0.1) is 0 Å². The molecule has 0 atom stereocenters. The predicted molar refractivity (Wildman–Crippen MR) is 68.0 cm³/mol. The zero-order valence-corrected chi connectivity index (χ0v) is 9.81. The number of aromatic nitrogens is 1. The Labute approximate surface area is 96.4 Å². The summed E-state index contributed by atoms with van der Waals surface area (Å²) in [6.07, 6.45) is 3.47. The summed E-state index contributed by atoms with van der Waals surface area (Å²) >= 11 is 5.21. The van der Waals surface area contributed by atoms with Crippen LogP contribution in [0.5, 0.6) is 0 Å². The van der Waals surface area contributed by atoms with E-state index in [0.717, 1.165) is 23.6 Å². The van der Waals surface area contributed by atoms with Gasteiger partial charge in [-0.1, -0.05) is 37.4 Å². The molecule has 2 nitrogen and oxygen atoms in total. The van der Waals surface area contributed by atoms with Crippen LogP contribution in [-0.4, -0.2) is 16.5 Å². The summed E-state index contributed by atoms with van der Waals surface area (Å²) in [5, 5.41) is 3.17. The van der Waals surface area contributed by atoms with Crippen molar-refractivity contribution in [3.8, 4) is 0 Å². The van der Waals surface area contributed by atoms with E-state index < -0.39 is 0 Å². The number of nitrogens with zero attached hydrogens (tertiary/aromatic N) is 1. The minimum atomic E-state index is 0.702. The first-order valence-corrected chi connectivity index (χ1v) is 5.46. The fourth-order valence-electron chi connectivity index (χ4n) is 1.08. The molecule has 0 unspecified atom stereocenters. The molecule has 0 radical (unpaired) electrons. The zero-order chi connectivity index (χ0) is 11.1. The third-order valence-corrected chi connectivity index (χ3v) is 2.39. The van der Waals surface area contributed by atoms with Gasteiger partial charge in [0.2, 0.25) is 0 Å². The number of nitrogens with one attached hydrogen (secondary N) is 1. The Hall–Kier alpha value is -1.22. The van der Waals surface area contributed by atoms with Crippen LogP contribution in [0.25, 0.3) is 0 Å². The summed E-state index contributed by atoms with van der Waals surface area (Å²) in [4.78, 5) is 5.04. The molecular formula is C12H16N2S. The van der Waals surface area contributed by atoms with Crippen molar-refractivity contribution in [1.29, 1.82) is 0 Å². The van der Waals surface area contributed by atoms with E-state index in [9.17, 15) is 0 Å². The van der Waals surface area contributed by atoms with Crippen molar-refractivity contribution < 1.29 is 0 Å². The van der Waals surface area contributed by atoms with Crippen LogP contribution in [0.2, 0.25) is 0 Å². The van der Waals surface area contributed by atoms with Gasteiger partial charge in [-0.2, -0.15) is 0 Å². The Morgan fingerprint density at radius 1 is 1.53 bits per heavy atom. The molecule has 0 aliphatic carbocycles. The zero-order valence-electron chi connectivity index (χ0n) is 8.99. The summed E-state index contributed by atoms with van der Waals surface area (Å²) < 4.78 is 0. The van der Waals surface area contributed by atoms with Gasteiger partial charge in [0.25, 0.3) is 0 Å². The Bertz CT molecular complexity index is 333. The van der Waals surface area contributed by atoms with Crippen molar-refractivity contribution in [3.05, 3.63) is 42.2 Å². The summed E-state index contributed by atoms with van der Waals surface area (Å²) in [5.74, 6) is 0. The summed E-state index contributed by atoms with van der Waals surface area (Å²) in [6.45, 7) is 6.77. The smallest absolute Gasteiger partial charge is 0.0816 e. The van der Waals surface area contributed by atoms with Crippen LogP contribution < -0.4 is 5.32 Å². The number of hydrogen-bond donors (Lipinski definition) is 1. The van der Waals surface area contributed by atoms with E-state index in [1.807, 2.05) is 18.2 Å². The van der Waals surface area contributed by atoms with Crippen LogP contribution in [0.4, 0.5) is 0 Å². The molecule has 1 rings (SSSR count). The van der Waals surface area contributed by atoms with E-state index in [1.165, 1.54) is 5.57 Å². The molecule has 3 heteroatoms. The van der Waals surface area contributed by atoms with E-state index in [4.69, 9.17) is 12.2 Å². The van der Waals surface area contributed by atoms with Crippen LogP contribution >= 0.6 is 12.2 Å². The van der Waals surface area contributed by atoms with Gasteiger partial charge in [-0.05, 0) is 18.6 Å². The maximum absolute atomic E-state index is 5.21. The Morgan fingerprint density at radius 2 is 2.33 bits per heavy atom. The van der Waals surface area contributed by atoms with Crippen molar-refractivity contribution in [2.45, 2.75) is 19.8 Å². The van der Waals surface area contributed by atoms with Gasteiger partial charge in [-0.25, -0.2) is 0 Å². The van der Waals surface area contributed by atoms with Gasteiger partial charge >= 0.3 is 0 Å². The van der Waals surface area contributed by atoms with Gasteiger partial charge in [0.05, 0.1) is 4.99 Å². The molecular weight excluding hydrogens is 204 g/mol. The van der Waals surface area contributed by atoms with Gasteiger partial charge < -0.3 is 5.32 Å². The Kier molecular flexibility index (Phi) is 4.98. The third kappa shape index (κ3) is 4.70. The summed E-state index contributed by atoms with van der Waals surface area (Å²) in [6, 6.07) is 5.84. The maximum Gasteiger partial charge on any atom is 0.0816 e. The van der Waals surface area contributed by atoms with Crippen LogP contribution in [0.3, 0.4) is 0 Å². The molecule has 1 N–H and O–H groups in total. The van der Waals surface area contributed by atoms with E-state index in [0.29, 0.717) is 6.42 Å². The average Bonchev–Trinajstić information content (AvgIpc) is 2.27. The summed E-state index contributed by atoms with van der Waals surface area (Å²) in [5.41, 5.74) is 2.16. The van der Waals surface area contributed by atoms with Crippen molar-refractivity contribution in [2.24, 2.45) is 0 Å². The van der Waals surface area contributed by atoms with Gasteiger partial charge in [0.1, 0.15) is 0 Å². The van der Waals surface area contributed by atoms with Crippen molar-refractivity contribution >= 4 is 17.2 Å². The number of thiocarbonyl (C=S) groups is 1. The van der Waals surface area contributed by atoms with Crippen LogP contribution in [0, 0.1) is 0 Å². The number of hydrogen-bond acceptors (Lipinski definition) is 2. The average molecular weight is 220 g/mol. The quantitative estimate of drug-likeness (QED) is 0.609. The molecule has 0 aliphatic heterocycles. The molecule has 0 spiro atoms. The molecule has 0 saturated heterocycles. The van der Waals surface area contributed by atoms with Gasteiger partial charge in [0, 0.05) is 24.9 Å². The molecule has 15 heavy (non-hydrogen) atoms. The molecule has 0 aliphatic rings. The largest absolute Gasteiger partial charge is 0.376 e. The third-order valence-electron chi connectivity index (χ3n) is 2.10. The SMILES string of the molecule is C=C(CC)CNC(=S)Cc1ccccn1. The molecule has 1 aromatic heterocycles. The molecule has 0 saturated carbocycles. The first-order chi connectivity index (χ1) is 7.22. The van der Waals surface area contributed by atoms with Crippen molar-refractivity contribution in [3.63, 3.8) is 0 Å². The molecule has 0 amide bonds. The fourth-order valence-corrected chi connectivity index (χ4v) is 1.30. The molecule has 1 heterocycles. The number of rotatable bonds is 5. The van der Waals surface area contributed by atoms with Gasteiger partial charge in [-0.3, -0.25) is 4.98 Å². The second-order valence-electron chi connectivity index (χ2n) is 3.38. The lowest BCUT2D eigenvalue weighted by molar-refractivity contribution is 0.920. The van der Waals surface area contributed by atoms with E-state index in [1.54, 1.807) is 6.20 Å². The van der Waals surface area contributed by atoms with Crippen molar-refractivity contribution in [2.75, 3.05) is 6.54 Å². The first kappa shape index (κ1) is 11.9. The first-order valence-electron chi connectivity index (χ1n) is 5.05.